The Hall–Kier alpha value is -2.06. The summed E-state index contributed by atoms with van der Waals surface area (Å²) in [5.74, 6) is 0.574. The minimum atomic E-state index is -0.0462. The molecule has 3 heterocycles. The number of nitrogens with one attached hydrogen (secondary N) is 1. The van der Waals surface area contributed by atoms with Crippen LogP contribution in [0.4, 0.5) is 10.5 Å². The van der Waals surface area contributed by atoms with Gasteiger partial charge in [-0.3, -0.25) is 0 Å². The van der Waals surface area contributed by atoms with E-state index in [0.717, 1.165) is 26.1 Å². The van der Waals surface area contributed by atoms with E-state index in [9.17, 15) is 4.79 Å². The fourth-order valence-corrected chi connectivity index (χ4v) is 3.43. The predicted molar refractivity (Wildman–Crippen MR) is 80.9 cm³/mol. The second-order valence-electron chi connectivity index (χ2n) is 6.09. The molecule has 0 unspecified atom stereocenters. The molecule has 2 amide bonds. The standard InChI is InChI=1S/C16H20N4O/c1-19-9-13-5-6-15(11-19)20(10-13)16(21)18-14-4-2-3-12(7-14)8-17/h2-4,7,13,15H,5-6,9-11H2,1H3,(H,18,21)/t13-,15+/m0/s1. The first-order valence-electron chi connectivity index (χ1n) is 7.42. The molecule has 3 aliphatic rings. The van der Waals surface area contributed by atoms with E-state index in [-0.39, 0.29) is 6.03 Å². The van der Waals surface area contributed by atoms with Crippen LogP contribution in [0.15, 0.2) is 24.3 Å². The Morgan fingerprint density at radius 3 is 3.00 bits per heavy atom. The number of piperidine rings is 1. The van der Waals surface area contributed by atoms with Gasteiger partial charge < -0.3 is 15.1 Å². The first-order valence-corrected chi connectivity index (χ1v) is 7.42. The van der Waals surface area contributed by atoms with Crippen molar-refractivity contribution in [3.05, 3.63) is 29.8 Å². The molecule has 4 rings (SSSR count). The number of amides is 2. The van der Waals surface area contributed by atoms with E-state index >= 15 is 0 Å². The fourth-order valence-electron chi connectivity index (χ4n) is 3.43. The lowest BCUT2D eigenvalue weighted by molar-refractivity contribution is 0.152. The van der Waals surface area contributed by atoms with Gasteiger partial charge in [-0.1, -0.05) is 6.07 Å². The van der Waals surface area contributed by atoms with Gasteiger partial charge in [-0.25, -0.2) is 4.79 Å². The van der Waals surface area contributed by atoms with Crippen molar-refractivity contribution in [3.8, 4) is 6.07 Å². The summed E-state index contributed by atoms with van der Waals surface area (Å²) >= 11 is 0. The summed E-state index contributed by atoms with van der Waals surface area (Å²) in [6.45, 7) is 2.85. The summed E-state index contributed by atoms with van der Waals surface area (Å²) in [6, 6.07) is 9.40. The molecule has 0 spiro atoms. The number of hydrogen-bond acceptors (Lipinski definition) is 3. The van der Waals surface area contributed by atoms with Gasteiger partial charge in [0.15, 0.2) is 0 Å². The van der Waals surface area contributed by atoms with Crippen LogP contribution in [0.3, 0.4) is 0 Å². The van der Waals surface area contributed by atoms with Crippen LogP contribution in [0.5, 0.6) is 0 Å². The van der Waals surface area contributed by atoms with Gasteiger partial charge in [-0.05, 0) is 44.0 Å². The largest absolute Gasteiger partial charge is 0.322 e. The lowest BCUT2D eigenvalue weighted by Crippen LogP contribution is -2.49. The minimum absolute atomic E-state index is 0.0462. The molecule has 3 saturated heterocycles. The second kappa shape index (κ2) is 5.74. The summed E-state index contributed by atoms with van der Waals surface area (Å²) in [5.41, 5.74) is 1.25. The number of nitrogens with zero attached hydrogens (tertiary/aromatic N) is 3. The highest BCUT2D eigenvalue weighted by Crippen LogP contribution is 2.27. The van der Waals surface area contributed by atoms with E-state index in [1.807, 2.05) is 11.0 Å². The maximum atomic E-state index is 12.5. The molecule has 3 fully saturated rings. The monoisotopic (exact) mass is 284 g/mol. The Balaban J connectivity index is 1.72. The number of benzene rings is 1. The molecule has 0 aromatic heterocycles. The summed E-state index contributed by atoms with van der Waals surface area (Å²) in [7, 11) is 2.13. The number of urea groups is 1. The Morgan fingerprint density at radius 2 is 2.19 bits per heavy atom. The Morgan fingerprint density at radius 1 is 1.33 bits per heavy atom. The summed E-state index contributed by atoms with van der Waals surface area (Å²) in [4.78, 5) is 16.8. The third-order valence-corrected chi connectivity index (χ3v) is 4.40. The Labute approximate surface area is 125 Å². The SMILES string of the molecule is CN1C[C@@H]2CC[C@H](C1)N(C(=O)Nc1cccc(C#N)c1)C2. The third kappa shape index (κ3) is 3.01. The van der Waals surface area contributed by atoms with Crippen LogP contribution in [0.2, 0.25) is 0 Å². The van der Waals surface area contributed by atoms with Gasteiger partial charge in [0.25, 0.3) is 0 Å². The van der Waals surface area contributed by atoms with Crippen molar-refractivity contribution in [2.45, 2.75) is 18.9 Å². The van der Waals surface area contributed by atoms with E-state index in [1.54, 1.807) is 18.2 Å². The van der Waals surface area contributed by atoms with Crippen molar-refractivity contribution >= 4 is 11.7 Å². The number of hydrogen-bond donors (Lipinski definition) is 1. The molecule has 2 bridgehead atoms. The zero-order chi connectivity index (χ0) is 14.8. The van der Waals surface area contributed by atoms with Crippen molar-refractivity contribution in [2.75, 3.05) is 32.0 Å². The van der Waals surface area contributed by atoms with Crippen molar-refractivity contribution in [2.24, 2.45) is 5.92 Å². The van der Waals surface area contributed by atoms with E-state index < -0.39 is 0 Å². The van der Waals surface area contributed by atoms with Crippen molar-refractivity contribution < 1.29 is 4.79 Å². The average Bonchev–Trinajstić information content (AvgIpc) is 2.76. The van der Waals surface area contributed by atoms with Gasteiger partial charge in [-0.15, -0.1) is 0 Å². The van der Waals surface area contributed by atoms with Crippen LogP contribution in [0.1, 0.15) is 18.4 Å². The lowest BCUT2D eigenvalue weighted by Gasteiger charge is -2.36. The zero-order valence-corrected chi connectivity index (χ0v) is 12.2. The maximum absolute atomic E-state index is 12.5. The molecular weight excluding hydrogens is 264 g/mol. The maximum Gasteiger partial charge on any atom is 0.322 e. The first-order chi connectivity index (χ1) is 10.2. The number of carbonyl (C=O) groups is 1. The van der Waals surface area contributed by atoms with Crippen LogP contribution in [0, 0.1) is 17.2 Å². The molecule has 0 aliphatic carbocycles. The highest BCUT2D eigenvalue weighted by Gasteiger charge is 2.36. The number of rotatable bonds is 1. The number of fused-ring (bicyclic) bond motifs is 4. The van der Waals surface area contributed by atoms with Crippen molar-refractivity contribution in [1.29, 1.82) is 5.26 Å². The number of carbonyl (C=O) groups excluding carboxylic acids is 1. The van der Waals surface area contributed by atoms with Crippen LogP contribution in [-0.2, 0) is 0 Å². The molecule has 1 aromatic rings. The molecule has 5 heteroatoms. The summed E-state index contributed by atoms with van der Waals surface area (Å²) < 4.78 is 0. The topological polar surface area (TPSA) is 59.4 Å². The number of anilines is 1. The normalized spacial score (nSPS) is 25.2. The van der Waals surface area contributed by atoms with Gasteiger partial charge in [-0.2, -0.15) is 5.26 Å². The lowest BCUT2D eigenvalue weighted by atomic mass is 9.95. The molecule has 110 valence electrons. The molecule has 3 aliphatic heterocycles. The van der Waals surface area contributed by atoms with Crippen molar-refractivity contribution in [1.82, 2.24) is 9.80 Å². The molecule has 0 saturated carbocycles. The molecule has 0 radical (unpaired) electrons. The van der Waals surface area contributed by atoms with Crippen LogP contribution in [0.25, 0.3) is 0 Å². The fraction of sp³-hybridized carbons (Fsp3) is 0.500. The van der Waals surface area contributed by atoms with Crippen LogP contribution in [-0.4, -0.2) is 48.6 Å². The minimum Gasteiger partial charge on any atom is -0.320 e. The molecule has 1 N–H and O–H groups in total. The highest BCUT2D eigenvalue weighted by atomic mass is 16.2. The Kier molecular flexibility index (Phi) is 3.80. The van der Waals surface area contributed by atoms with E-state index in [1.165, 1.54) is 6.42 Å². The molecule has 2 atom stereocenters. The van der Waals surface area contributed by atoms with Gasteiger partial charge in [0.2, 0.25) is 0 Å². The predicted octanol–water partition coefficient (Wildman–Crippen LogP) is 2.12. The summed E-state index contributed by atoms with van der Waals surface area (Å²) in [5, 5.41) is 11.8. The third-order valence-electron chi connectivity index (χ3n) is 4.40. The molecule has 1 aromatic carbocycles. The van der Waals surface area contributed by atoms with E-state index in [0.29, 0.717) is 23.2 Å². The van der Waals surface area contributed by atoms with Gasteiger partial charge in [0, 0.05) is 31.4 Å². The molecular formula is C16H20N4O. The Bertz CT molecular complexity index is 580. The number of nitriles is 1. The van der Waals surface area contributed by atoms with Gasteiger partial charge in [0.05, 0.1) is 11.6 Å². The van der Waals surface area contributed by atoms with Crippen LogP contribution >= 0.6 is 0 Å². The highest BCUT2D eigenvalue weighted by molar-refractivity contribution is 5.89. The van der Waals surface area contributed by atoms with E-state index in [2.05, 4.69) is 23.3 Å². The van der Waals surface area contributed by atoms with E-state index in [4.69, 9.17) is 5.26 Å². The second-order valence-corrected chi connectivity index (χ2v) is 6.09. The molecule has 21 heavy (non-hydrogen) atoms. The summed E-state index contributed by atoms with van der Waals surface area (Å²) in [6.07, 6.45) is 2.30. The van der Waals surface area contributed by atoms with Crippen molar-refractivity contribution in [3.63, 3.8) is 0 Å². The van der Waals surface area contributed by atoms with Crippen LogP contribution < -0.4 is 5.32 Å². The van der Waals surface area contributed by atoms with Gasteiger partial charge >= 0.3 is 6.03 Å². The molecule has 5 nitrogen and oxygen atoms in total. The first kappa shape index (κ1) is 13.9. The average molecular weight is 284 g/mol. The quantitative estimate of drug-likeness (QED) is 0.859. The smallest absolute Gasteiger partial charge is 0.320 e. The van der Waals surface area contributed by atoms with Gasteiger partial charge in [0.1, 0.15) is 0 Å². The number of likely N-dealkylation sites (N-methyl/N-ethyl adjacent to an activating group) is 1. The zero-order valence-electron chi connectivity index (χ0n) is 12.2.